The van der Waals surface area contributed by atoms with Crippen LogP contribution in [0.1, 0.15) is 19.3 Å². The van der Waals surface area contributed by atoms with Crippen molar-refractivity contribution >= 4 is 5.91 Å². The minimum Gasteiger partial charge on any atom is -0.379 e. The molecular formula is C14H25N3O2. The van der Waals surface area contributed by atoms with Gasteiger partial charge in [-0.1, -0.05) is 0 Å². The molecule has 4 atom stereocenters. The summed E-state index contributed by atoms with van der Waals surface area (Å²) in [5.74, 6) is 1.40. The molecule has 0 aromatic carbocycles. The van der Waals surface area contributed by atoms with Crippen LogP contribution in [0.5, 0.6) is 0 Å². The zero-order valence-electron chi connectivity index (χ0n) is 11.5. The minimum atomic E-state index is 0.0726. The molecule has 3 aliphatic rings. The van der Waals surface area contributed by atoms with Gasteiger partial charge in [0.15, 0.2) is 0 Å². The lowest BCUT2D eigenvalue weighted by atomic mass is 9.84. The molecule has 1 aliphatic heterocycles. The molecule has 2 saturated carbocycles. The van der Waals surface area contributed by atoms with E-state index in [1.807, 2.05) is 0 Å². The maximum atomic E-state index is 12.3. The highest BCUT2D eigenvalue weighted by molar-refractivity contribution is 5.80. The third-order valence-corrected chi connectivity index (χ3v) is 5.11. The Morgan fingerprint density at radius 2 is 2.00 bits per heavy atom. The molecule has 2 aliphatic carbocycles. The van der Waals surface area contributed by atoms with Gasteiger partial charge in [0.1, 0.15) is 0 Å². The van der Waals surface area contributed by atoms with Crippen LogP contribution in [0.15, 0.2) is 0 Å². The van der Waals surface area contributed by atoms with Gasteiger partial charge in [0, 0.05) is 32.2 Å². The van der Waals surface area contributed by atoms with Gasteiger partial charge in [-0.2, -0.15) is 0 Å². The Hall–Kier alpha value is -0.650. The Kier molecular flexibility index (Phi) is 4.05. The van der Waals surface area contributed by atoms with Gasteiger partial charge in [0.05, 0.1) is 19.1 Å². The molecule has 1 heterocycles. The van der Waals surface area contributed by atoms with E-state index in [4.69, 9.17) is 10.5 Å². The van der Waals surface area contributed by atoms with E-state index >= 15 is 0 Å². The Labute approximate surface area is 114 Å². The molecule has 0 aromatic rings. The fourth-order valence-corrected chi connectivity index (χ4v) is 4.00. The number of hydrogen-bond donors (Lipinski definition) is 2. The summed E-state index contributed by atoms with van der Waals surface area (Å²) in [4.78, 5) is 14.6. The van der Waals surface area contributed by atoms with E-state index in [1.54, 1.807) is 0 Å². The average Bonchev–Trinajstić information content (AvgIpc) is 3.00. The quantitative estimate of drug-likeness (QED) is 0.741. The molecule has 2 bridgehead atoms. The first-order valence-corrected chi connectivity index (χ1v) is 7.59. The van der Waals surface area contributed by atoms with Gasteiger partial charge < -0.3 is 15.8 Å². The van der Waals surface area contributed by atoms with Crippen molar-refractivity contribution < 1.29 is 9.53 Å². The Morgan fingerprint density at radius 3 is 2.68 bits per heavy atom. The highest BCUT2D eigenvalue weighted by Gasteiger charge is 2.48. The number of carbonyl (C=O) groups is 1. The van der Waals surface area contributed by atoms with Crippen LogP contribution in [-0.2, 0) is 9.53 Å². The summed E-state index contributed by atoms with van der Waals surface area (Å²) in [5.41, 5.74) is 6.19. The van der Waals surface area contributed by atoms with Crippen LogP contribution in [0.25, 0.3) is 0 Å². The molecule has 0 radical (unpaired) electrons. The van der Waals surface area contributed by atoms with Gasteiger partial charge in [-0.3, -0.25) is 9.69 Å². The molecule has 19 heavy (non-hydrogen) atoms. The van der Waals surface area contributed by atoms with Crippen molar-refractivity contribution in [3.8, 4) is 0 Å². The number of rotatable bonds is 4. The van der Waals surface area contributed by atoms with Gasteiger partial charge in [0.2, 0.25) is 5.91 Å². The normalized spacial score (nSPS) is 38.6. The Balaban J connectivity index is 1.41. The number of hydrogen-bond acceptors (Lipinski definition) is 4. The molecule has 1 amide bonds. The van der Waals surface area contributed by atoms with E-state index < -0.39 is 0 Å². The van der Waals surface area contributed by atoms with E-state index in [1.165, 1.54) is 19.3 Å². The molecule has 3 rings (SSSR count). The second-order valence-corrected chi connectivity index (χ2v) is 6.18. The van der Waals surface area contributed by atoms with Crippen molar-refractivity contribution in [3.05, 3.63) is 0 Å². The first-order chi connectivity index (χ1) is 9.25. The molecular weight excluding hydrogens is 242 g/mol. The highest BCUT2D eigenvalue weighted by Crippen LogP contribution is 2.47. The molecule has 3 N–H and O–H groups in total. The van der Waals surface area contributed by atoms with E-state index in [9.17, 15) is 4.79 Å². The molecule has 3 fully saturated rings. The predicted octanol–water partition coefficient (Wildman–Crippen LogP) is -0.192. The van der Waals surface area contributed by atoms with Crippen LogP contribution >= 0.6 is 0 Å². The summed E-state index contributed by atoms with van der Waals surface area (Å²) in [5, 5.41) is 3.09. The number of nitrogens with one attached hydrogen (secondary N) is 1. The van der Waals surface area contributed by atoms with E-state index in [-0.39, 0.29) is 17.9 Å². The van der Waals surface area contributed by atoms with Gasteiger partial charge in [-0.05, 0) is 31.1 Å². The topological polar surface area (TPSA) is 67.6 Å². The molecule has 5 nitrogen and oxygen atoms in total. The van der Waals surface area contributed by atoms with Crippen LogP contribution in [-0.4, -0.2) is 56.2 Å². The van der Waals surface area contributed by atoms with Crippen LogP contribution in [0.2, 0.25) is 0 Å². The van der Waals surface area contributed by atoms with Crippen molar-refractivity contribution in [2.24, 2.45) is 23.5 Å². The van der Waals surface area contributed by atoms with E-state index in [0.29, 0.717) is 11.8 Å². The lowest BCUT2D eigenvalue weighted by Crippen LogP contribution is -2.47. The second kappa shape index (κ2) is 5.77. The lowest BCUT2D eigenvalue weighted by Gasteiger charge is -2.29. The number of nitrogens with zero attached hydrogens (tertiary/aromatic N) is 1. The standard InChI is InChI=1S/C14H25N3O2/c15-13-11-2-1-10(9-11)12(13)14(18)16-3-4-17-5-7-19-8-6-17/h10-13H,1-9,15H2,(H,16,18)/t10-,11-,12+,13+/m0/s1. The first kappa shape index (κ1) is 13.3. The second-order valence-electron chi connectivity index (χ2n) is 6.18. The summed E-state index contributed by atoms with van der Waals surface area (Å²) < 4.78 is 5.31. The van der Waals surface area contributed by atoms with Crippen molar-refractivity contribution in [1.29, 1.82) is 0 Å². The molecule has 0 aromatic heterocycles. The fourth-order valence-electron chi connectivity index (χ4n) is 4.00. The zero-order valence-corrected chi connectivity index (χ0v) is 11.5. The van der Waals surface area contributed by atoms with Crippen molar-refractivity contribution in [3.63, 3.8) is 0 Å². The third-order valence-electron chi connectivity index (χ3n) is 5.11. The summed E-state index contributed by atoms with van der Waals surface area (Å²) in [6.45, 7) is 5.23. The smallest absolute Gasteiger partial charge is 0.225 e. The van der Waals surface area contributed by atoms with Crippen molar-refractivity contribution in [2.45, 2.75) is 25.3 Å². The molecule has 0 unspecified atom stereocenters. The maximum Gasteiger partial charge on any atom is 0.225 e. The Morgan fingerprint density at radius 1 is 1.26 bits per heavy atom. The molecule has 108 valence electrons. The summed E-state index contributed by atoms with van der Waals surface area (Å²) in [6, 6.07) is 0.0992. The number of ether oxygens (including phenoxy) is 1. The predicted molar refractivity (Wildman–Crippen MR) is 72.6 cm³/mol. The molecule has 1 saturated heterocycles. The summed E-state index contributed by atoms with van der Waals surface area (Å²) >= 11 is 0. The van der Waals surface area contributed by atoms with E-state index in [2.05, 4.69) is 10.2 Å². The van der Waals surface area contributed by atoms with Gasteiger partial charge in [-0.25, -0.2) is 0 Å². The highest BCUT2D eigenvalue weighted by atomic mass is 16.5. The SMILES string of the molecule is N[C@@H]1[C@H]2CC[C@@H](C2)[C@H]1C(=O)NCCN1CCOCC1. The van der Waals surface area contributed by atoms with Crippen LogP contribution in [0.3, 0.4) is 0 Å². The van der Waals surface area contributed by atoms with Crippen molar-refractivity contribution in [1.82, 2.24) is 10.2 Å². The number of amides is 1. The first-order valence-electron chi connectivity index (χ1n) is 7.59. The number of nitrogens with two attached hydrogens (primary N) is 1. The summed E-state index contributed by atoms with van der Waals surface area (Å²) in [7, 11) is 0. The fraction of sp³-hybridized carbons (Fsp3) is 0.929. The summed E-state index contributed by atoms with van der Waals surface area (Å²) in [6.07, 6.45) is 3.59. The monoisotopic (exact) mass is 267 g/mol. The largest absolute Gasteiger partial charge is 0.379 e. The van der Waals surface area contributed by atoms with Gasteiger partial charge >= 0.3 is 0 Å². The van der Waals surface area contributed by atoms with Crippen LogP contribution in [0.4, 0.5) is 0 Å². The maximum absolute atomic E-state index is 12.3. The number of fused-ring (bicyclic) bond motifs is 2. The number of morpholine rings is 1. The molecule has 5 heteroatoms. The molecule has 0 spiro atoms. The van der Waals surface area contributed by atoms with Gasteiger partial charge in [0.25, 0.3) is 0 Å². The zero-order chi connectivity index (χ0) is 13.2. The third kappa shape index (κ3) is 2.78. The van der Waals surface area contributed by atoms with Crippen LogP contribution < -0.4 is 11.1 Å². The van der Waals surface area contributed by atoms with Crippen LogP contribution in [0, 0.1) is 17.8 Å². The Bertz CT molecular complexity index is 329. The average molecular weight is 267 g/mol. The lowest BCUT2D eigenvalue weighted by molar-refractivity contribution is -0.127. The van der Waals surface area contributed by atoms with E-state index in [0.717, 1.165) is 39.4 Å². The van der Waals surface area contributed by atoms with Gasteiger partial charge in [-0.15, -0.1) is 0 Å². The number of carbonyl (C=O) groups excluding carboxylic acids is 1. The van der Waals surface area contributed by atoms with Crippen molar-refractivity contribution in [2.75, 3.05) is 39.4 Å². The minimum absolute atomic E-state index is 0.0726.